The third-order valence-corrected chi connectivity index (χ3v) is 8.01. The number of sulfonamides is 1. The summed E-state index contributed by atoms with van der Waals surface area (Å²) in [6.45, 7) is 11.8. The average Bonchev–Trinajstić information content (AvgIpc) is 2.81. The van der Waals surface area contributed by atoms with Crippen molar-refractivity contribution in [1.82, 2.24) is 10.2 Å². The Morgan fingerprint density at radius 2 is 1.55 bits per heavy atom. The Bertz CT molecular complexity index is 1210. The fourth-order valence-corrected chi connectivity index (χ4v) is 5.30. The van der Waals surface area contributed by atoms with E-state index in [9.17, 15) is 18.0 Å². The molecule has 0 saturated heterocycles. The van der Waals surface area contributed by atoms with Gasteiger partial charge in [-0.1, -0.05) is 82.9 Å². The highest BCUT2D eigenvalue weighted by molar-refractivity contribution is 7.92. The molecule has 2 rings (SSSR count). The molecule has 0 radical (unpaired) electrons. The summed E-state index contributed by atoms with van der Waals surface area (Å²) in [6.07, 6.45) is 1.37. The molecule has 0 bridgehead atoms. The minimum absolute atomic E-state index is 0.0501. The molecule has 0 saturated carbocycles. The maximum Gasteiger partial charge on any atom is 0.244 e. The Morgan fingerprint density at radius 3 is 2.00 bits per heavy atom. The van der Waals surface area contributed by atoms with Crippen LogP contribution in [0.5, 0.6) is 0 Å². The van der Waals surface area contributed by atoms with E-state index in [4.69, 9.17) is 23.2 Å². The molecule has 0 unspecified atom stereocenters. The molecule has 210 valence electrons. The van der Waals surface area contributed by atoms with Gasteiger partial charge in [-0.3, -0.25) is 13.9 Å². The number of nitrogens with zero attached hydrogens (tertiary/aromatic N) is 2. The lowest BCUT2D eigenvalue weighted by Crippen LogP contribution is -2.52. The van der Waals surface area contributed by atoms with E-state index in [1.807, 2.05) is 26.0 Å². The largest absolute Gasteiger partial charge is 0.354 e. The van der Waals surface area contributed by atoms with Crippen molar-refractivity contribution < 1.29 is 18.0 Å². The van der Waals surface area contributed by atoms with Gasteiger partial charge in [0.15, 0.2) is 0 Å². The van der Waals surface area contributed by atoms with Crippen LogP contribution in [0.1, 0.15) is 59.1 Å². The van der Waals surface area contributed by atoms with Gasteiger partial charge in [0.05, 0.1) is 11.9 Å². The molecule has 0 heterocycles. The van der Waals surface area contributed by atoms with Gasteiger partial charge in [0.2, 0.25) is 21.8 Å². The lowest BCUT2D eigenvalue weighted by molar-refractivity contribution is -0.140. The van der Waals surface area contributed by atoms with Crippen LogP contribution < -0.4 is 9.62 Å². The number of hydrogen-bond acceptors (Lipinski definition) is 4. The van der Waals surface area contributed by atoms with Crippen LogP contribution in [0.2, 0.25) is 10.0 Å². The average molecular weight is 585 g/mol. The Kier molecular flexibility index (Phi) is 11.1. The highest BCUT2D eigenvalue weighted by Gasteiger charge is 2.32. The first-order valence-corrected chi connectivity index (χ1v) is 15.2. The number of carbonyl (C=O) groups excluding carboxylic acids is 2. The van der Waals surface area contributed by atoms with Gasteiger partial charge in [0.1, 0.15) is 12.6 Å². The number of halogens is 2. The summed E-state index contributed by atoms with van der Waals surface area (Å²) in [7, 11) is -3.83. The zero-order valence-corrected chi connectivity index (χ0v) is 25.5. The van der Waals surface area contributed by atoms with E-state index in [2.05, 4.69) is 26.1 Å². The summed E-state index contributed by atoms with van der Waals surface area (Å²) >= 11 is 12.8. The molecule has 0 aliphatic carbocycles. The van der Waals surface area contributed by atoms with Crippen molar-refractivity contribution in [1.29, 1.82) is 0 Å². The van der Waals surface area contributed by atoms with Gasteiger partial charge < -0.3 is 10.2 Å². The highest BCUT2D eigenvalue weighted by Crippen LogP contribution is 2.29. The van der Waals surface area contributed by atoms with Gasteiger partial charge in [-0.25, -0.2) is 8.42 Å². The SMILES string of the molecule is CC[C@@H](C(=O)NCC(C)C)N(Cc1c(Cl)cccc1Cl)C(=O)CN(c1ccc(C(C)(C)C)cc1)S(C)(=O)=O. The number of nitrogens with one attached hydrogen (secondary N) is 1. The molecule has 1 N–H and O–H groups in total. The number of amides is 2. The molecule has 0 aromatic heterocycles. The van der Waals surface area contributed by atoms with Crippen molar-refractivity contribution in [2.45, 2.75) is 66.0 Å². The second kappa shape index (κ2) is 13.2. The van der Waals surface area contributed by atoms with E-state index in [1.165, 1.54) is 4.90 Å². The summed E-state index contributed by atoms with van der Waals surface area (Å²) in [6, 6.07) is 11.3. The Balaban J connectivity index is 2.49. The topological polar surface area (TPSA) is 86.8 Å². The Morgan fingerprint density at radius 1 is 1.00 bits per heavy atom. The van der Waals surface area contributed by atoms with Crippen LogP contribution in [-0.2, 0) is 31.6 Å². The van der Waals surface area contributed by atoms with Crippen molar-refractivity contribution in [3.8, 4) is 0 Å². The second-order valence-corrected chi connectivity index (χ2v) is 13.6. The molecular weight excluding hydrogens is 545 g/mol. The molecule has 0 aliphatic heterocycles. The lowest BCUT2D eigenvalue weighted by atomic mass is 9.87. The molecule has 0 fully saturated rings. The van der Waals surface area contributed by atoms with Crippen LogP contribution in [0.4, 0.5) is 5.69 Å². The number of anilines is 1. The predicted molar refractivity (Wildman–Crippen MR) is 156 cm³/mol. The van der Waals surface area contributed by atoms with Crippen LogP contribution in [0.25, 0.3) is 0 Å². The van der Waals surface area contributed by atoms with E-state index in [0.717, 1.165) is 16.1 Å². The van der Waals surface area contributed by atoms with Gasteiger partial charge >= 0.3 is 0 Å². The van der Waals surface area contributed by atoms with Crippen LogP contribution in [0.15, 0.2) is 42.5 Å². The van der Waals surface area contributed by atoms with Crippen LogP contribution in [-0.4, -0.2) is 50.5 Å². The summed E-state index contributed by atoms with van der Waals surface area (Å²) in [5.41, 5.74) is 1.76. The molecule has 2 amide bonds. The minimum atomic E-state index is -3.83. The standard InChI is InChI=1S/C28H39Cl2N3O4S/c1-8-25(27(35)31-16-19(2)3)32(17-22-23(29)10-9-11-24(22)30)26(34)18-33(38(7,36)37)21-14-12-20(13-15-21)28(4,5)6/h9-15,19,25H,8,16-18H2,1-7H3,(H,31,35)/t25-/m0/s1. The lowest BCUT2D eigenvalue weighted by Gasteiger charge is -2.33. The molecule has 1 atom stereocenters. The molecule has 7 nitrogen and oxygen atoms in total. The first-order chi connectivity index (χ1) is 17.6. The van der Waals surface area contributed by atoms with Crippen LogP contribution >= 0.6 is 23.2 Å². The Hall–Kier alpha value is -2.29. The minimum Gasteiger partial charge on any atom is -0.354 e. The number of carbonyl (C=O) groups is 2. The molecule has 38 heavy (non-hydrogen) atoms. The van der Waals surface area contributed by atoms with E-state index in [0.29, 0.717) is 34.3 Å². The summed E-state index contributed by atoms with van der Waals surface area (Å²) < 4.78 is 26.7. The summed E-state index contributed by atoms with van der Waals surface area (Å²) in [5.74, 6) is -0.647. The number of hydrogen-bond donors (Lipinski definition) is 1. The van der Waals surface area contributed by atoms with E-state index >= 15 is 0 Å². The van der Waals surface area contributed by atoms with E-state index < -0.39 is 28.5 Å². The molecule has 0 aliphatic rings. The quantitative estimate of drug-likeness (QED) is 0.371. The summed E-state index contributed by atoms with van der Waals surface area (Å²) in [4.78, 5) is 28.4. The van der Waals surface area contributed by atoms with Crippen LogP contribution in [0, 0.1) is 5.92 Å². The number of benzene rings is 2. The first-order valence-electron chi connectivity index (χ1n) is 12.6. The van der Waals surface area contributed by atoms with Crippen molar-refractivity contribution >= 4 is 50.7 Å². The van der Waals surface area contributed by atoms with Gasteiger partial charge in [0.25, 0.3) is 0 Å². The summed E-state index contributed by atoms with van der Waals surface area (Å²) in [5, 5.41) is 3.59. The van der Waals surface area contributed by atoms with Crippen molar-refractivity contribution in [3.05, 3.63) is 63.6 Å². The fraction of sp³-hybridized carbons (Fsp3) is 0.500. The van der Waals surface area contributed by atoms with Gasteiger partial charge in [-0.05, 0) is 47.6 Å². The Labute approximate surface area is 237 Å². The third kappa shape index (κ3) is 8.61. The van der Waals surface area contributed by atoms with Gasteiger partial charge in [-0.2, -0.15) is 0 Å². The van der Waals surface area contributed by atoms with Gasteiger partial charge in [-0.15, -0.1) is 0 Å². The second-order valence-electron chi connectivity index (χ2n) is 10.9. The zero-order valence-electron chi connectivity index (χ0n) is 23.2. The maximum absolute atomic E-state index is 13.8. The van der Waals surface area contributed by atoms with E-state index in [1.54, 1.807) is 37.3 Å². The third-order valence-electron chi connectivity index (χ3n) is 6.16. The van der Waals surface area contributed by atoms with E-state index in [-0.39, 0.29) is 23.8 Å². The number of rotatable bonds is 11. The molecular formula is C28H39Cl2N3O4S. The fourth-order valence-electron chi connectivity index (χ4n) is 3.94. The van der Waals surface area contributed by atoms with Crippen LogP contribution in [0.3, 0.4) is 0 Å². The first kappa shape index (κ1) is 31.9. The zero-order chi connectivity index (χ0) is 28.8. The molecule has 2 aromatic carbocycles. The molecule has 10 heteroatoms. The highest BCUT2D eigenvalue weighted by atomic mass is 35.5. The smallest absolute Gasteiger partial charge is 0.244 e. The van der Waals surface area contributed by atoms with Gasteiger partial charge in [0, 0.05) is 28.7 Å². The maximum atomic E-state index is 13.8. The van der Waals surface area contributed by atoms with Crippen molar-refractivity contribution in [3.63, 3.8) is 0 Å². The molecule has 2 aromatic rings. The monoisotopic (exact) mass is 583 g/mol. The van der Waals surface area contributed by atoms with Crippen molar-refractivity contribution in [2.24, 2.45) is 5.92 Å². The molecule has 0 spiro atoms. The van der Waals surface area contributed by atoms with Crippen molar-refractivity contribution in [2.75, 3.05) is 23.7 Å². The normalized spacial score (nSPS) is 12.8. The predicted octanol–water partition coefficient (Wildman–Crippen LogP) is 5.64.